The molecule has 1 aromatic carbocycles. The van der Waals surface area contributed by atoms with Crippen molar-refractivity contribution in [2.24, 2.45) is 4.99 Å². The Labute approximate surface area is 118 Å². The van der Waals surface area contributed by atoms with Gasteiger partial charge >= 0.3 is 0 Å². The Morgan fingerprint density at radius 3 is 2.50 bits per heavy atom. The second-order valence-electron chi connectivity index (χ2n) is 4.65. The Hall–Kier alpha value is -0.670. The van der Waals surface area contributed by atoms with Crippen molar-refractivity contribution in [2.45, 2.75) is 38.8 Å². The number of benzene rings is 1. The van der Waals surface area contributed by atoms with E-state index in [0.717, 1.165) is 35.3 Å². The molecule has 2 rings (SSSR count). The lowest BCUT2D eigenvalue weighted by molar-refractivity contribution is 0.407. The molecule has 0 unspecified atom stereocenters. The SMILES string of the molecule is CCC1(CC)CSC(=NCc2ccc(Cl)cc2)N1. The minimum absolute atomic E-state index is 0.253. The zero-order chi connectivity index (χ0) is 13.0. The molecule has 1 aromatic rings. The van der Waals surface area contributed by atoms with E-state index in [-0.39, 0.29) is 5.54 Å². The number of nitrogens with zero attached hydrogens (tertiary/aromatic N) is 1. The highest BCUT2D eigenvalue weighted by Crippen LogP contribution is 2.29. The highest BCUT2D eigenvalue weighted by atomic mass is 35.5. The molecule has 1 fully saturated rings. The summed E-state index contributed by atoms with van der Waals surface area (Å²) >= 11 is 7.70. The van der Waals surface area contributed by atoms with Gasteiger partial charge in [0.1, 0.15) is 0 Å². The molecule has 1 saturated heterocycles. The highest BCUT2D eigenvalue weighted by Gasteiger charge is 2.33. The molecule has 0 radical (unpaired) electrons. The van der Waals surface area contributed by atoms with Gasteiger partial charge in [0.2, 0.25) is 0 Å². The first-order valence-electron chi connectivity index (χ1n) is 6.37. The van der Waals surface area contributed by atoms with Gasteiger partial charge in [-0.3, -0.25) is 4.99 Å². The molecule has 4 heteroatoms. The van der Waals surface area contributed by atoms with E-state index in [0.29, 0.717) is 0 Å². The summed E-state index contributed by atoms with van der Waals surface area (Å²) in [4.78, 5) is 4.64. The average Bonchev–Trinajstić information content (AvgIpc) is 2.82. The van der Waals surface area contributed by atoms with Crippen LogP contribution in [0.3, 0.4) is 0 Å². The second-order valence-corrected chi connectivity index (χ2v) is 6.05. The van der Waals surface area contributed by atoms with E-state index < -0.39 is 0 Å². The zero-order valence-electron chi connectivity index (χ0n) is 10.9. The Morgan fingerprint density at radius 1 is 1.28 bits per heavy atom. The Morgan fingerprint density at radius 2 is 1.94 bits per heavy atom. The van der Waals surface area contributed by atoms with Gasteiger partial charge in [-0.15, -0.1) is 0 Å². The number of aliphatic imine (C=N–C) groups is 1. The number of hydrogen-bond donors (Lipinski definition) is 1. The van der Waals surface area contributed by atoms with Crippen molar-refractivity contribution in [1.29, 1.82) is 0 Å². The van der Waals surface area contributed by atoms with Crippen LogP contribution in [0, 0.1) is 0 Å². The molecule has 0 bridgehead atoms. The quantitative estimate of drug-likeness (QED) is 0.899. The van der Waals surface area contributed by atoms with Crippen LogP contribution in [-0.4, -0.2) is 16.5 Å². The molecule has 2 nitrogen and oxygen atoms in total. The van der Waals surface area contributed by atoms with Crippen LogP contribution in [0.15, 0.2) is 29.3 Å². The first-order chi connectivity index (χ1) is 8.67. The summed E-state index contributed by atoms with van der Waals surface area (Å²) in [5.41, 5.74) is 1.45. The summed E-state index contributed by atoms with van der Waals surface area (Å²) in [7, 11) is 0. The molecular weight excluding hydrogens is 264 g/mol. The minimum atomic E-state index is 0.253. The number of halogens is 1. The third kappa shape index (κ3) is 3.21. The first kappa shape index (κ1) is 13.8. The van der Waals surface area contributed by atoms with Crippen molar-refractivity contribution in [3.8, 4) is 0 Å². The Kier molecular flexibility index (Phi) is 4.57. The molecule has 0 spiro atoms. The Bertz CT molecular complexity index is 424. The molecule has 1 aliphatic rings. The van der Waals surface area contributed by atoms with Crippen LogP contribution in [0.4, 0.5) is 0 Å². The minimum Gasteiger partial charge on any atom is -0.359 e. The number of rotatable bonds is 4. The van der Waals surface area contributed by atoms with Crippen molar-refractivity contribution in [1.82, 2.24) is 5.32 Å². The van der Waals surface area contributed by atoms with Crippen LogP contribution in [-0.2, 0) is 6.54 Å². The van der Waals surface area contributed by atoms with Crippen LogP contribution < -0.4 is 5.32 Å². The fourth-order valence-corrected chi connectivity index (χ4v) is 3.44. The van der Waals surface area contributed by atoms with Crippen LogP contribution in [0.2, 0.25) is 5.02 Å². The van der Waals surface area contributed by atoms with E-state index in [1.165, 1.54) is 5.56 Å². The van der Waals surface area contributed by atoms with Gasteiger partial charge in [-0.2, -0.15) is 0 Å². The van der Waals surface area contributed by atoms with E-state index >= 15 is 0 Å². The number of hydrogen-bond acceptors (Lipinski definition) is 2. The maximum atomic E-state index is 5.86. The van der Waals surface area contributed by atoms with Crippen molar-refractivity contribution in [3.05, 3.63) is 34.9 Å². The number of amidine groups is 1. The summed E-state index contributed by atoms with van der Waals surface area (Å²) in [5, 5.41) is 5.42. The third-order valence-corrected chi connectivity index (χ3v) is 4.98. The number of nitrogens with one attached hydrogen (secondary N) is 1. The smallest absolute Gasteiger partial charge is 0.157 e. The van der Waals surface area contributed by atoms with Gasteiger partial charge in [0.25, 0.3) is 0 Å². The van der Waals surface area contributed by atoms with Gasteiger partial charge in [0, 0.05) is 16.3 Å². The molecule has 0 amide bonds. The van der Waals surface area contributed by atoms with Crippen molar-refractivity contribution in [3.63, 3.8) is 0 Å². The largest absolute Gasteiger partial charge is 0.359 e. The topological polar surface area (TPSA) is 24.4 Å². The summed E-state index contributed by atoms with van der Waals surface area (Å²) < 4.78 is 0. The van der Waals surface area contributed by atoms with Crippen molar-refractivity contribution in [2.75, 3.05) is 5.75 Å². The molecule has 0 aromatic heterocycles. The molecule has 18 heavy (non-hydrogen) atoms. The monoisotopic (exact) mass is 282 g/mol. The lowest BCUT2D eigenvalue weighted by Crippen LogP contribution is -2.42. The van der Waals surface area contributed by atoms with E-state index in [9.17, 15) is 0 Å². The van der Waals surface area contributed by atoms with E-state index in [1.54, 1.807) is 0 Å². The lowest BCUT2D eigenvalue weighted by Gasteiger charge is -2.25. The molecule has 1 N–H and O–H groups in total. The van der Waals surface area contributed by atoms with Crippen LogP contribution in [0.1, 0.15) is 32.3 Å². The molecular formula is C14H19ClN2S. The van der Waals surface area contributed by atoms with Crippen LogP contribution >= 0.6 is 23.4 Å². The summed E-state index contributed by atoms with van der Waals surface area (Å²) in [6, 6.07) is 7.88. The summed E-state index contributed by atoms with van der Waals surface area (Å²) in [6.45, 7) is 5.19. The van der Waals surface area contributed by atoms with Crippen molar-refractivity contribution < 1.29 is 0 Å². The van der Waals surface area contributed by atoms with Gasteiger partial charge in [-0.25, -0.2) is 0 Å². The molecule has 98 valence electrons. The van der Waals surface area contributed by atoms with Gasteiger partial charge in [0.15, 0.2) is 5.17 Å². The normalized spacial score (nSPS) is 20.1. The predicted molar refractivity (Wildman–Crippen MR) is 81.5 cm³/mol. The molecule has 0 atom stereocenters. The lowest BCUT2D eigenvalue weighted by atomic mass is 9.96. The van der Waals surface area contributed by atoms with Gasteiger partial charge < -0.3 is 5.32 Å². The summed E-state index contributed by atoms with van der Waals surface area (Å²) in [5.74, 6) is 1.12. The van der Waals surface area contributed by atoms with Crippen LogP contribution in [0.25, 0.3) is 0 Å². The fourth-order valence-electron chi connectivity index (χ4n) is 1.97. The fraction of sp³-hybridized carbons (Fsp3) is 0.500. The summed E-state index contributed by atoms with van der Waals surface area (Å²) in [6.07, 6.45) is 2.30. The average molecular weight is 283 g/mol. The standard InChI is InChI=1S/C14H19ClN2S/c1-3-14(4-2)10-18-13(17-14)16-9-11-5-7-12(15)8-6-11/h5-8H,3-4,9-10H2,1-2H3,(H,16,17). The Balaban J connectivity index is 1.97. The molecule has 0 aliphatic carbocycles. The van der Waals surface area contributed by atoms with E-state index in [2.05, 4.69) is 24.2 Å². The maximum Gasteiger partial charge on any atom is 0.157 e. The second kappa shape index (κ2) is 5.98. The molecule has 1 heterocycles. The maximum absolute atomic E-state index is 5.86. The third-order valence-electron chi connectivity index (χ3n) is 3.53. The van der Waals surface area contributed by atoms with Crippen LogP contribution in [0.5, 0.6) is 0 Å². The first-order valence-corrected chi connectivity index (χ1v) is 7.73. The molecule has 1 aliphatic heterocycles. The number of thioether (sulfide) groups is 1. The van der Waals surface area contributed by atoms with Gasteiger partial charge in [0.05, 0.1) is 6.54 Å². The predicted octanol–water partition coefficient (Wildman–Crippen LogP) is 4.09. The van der Waals surface area contributed by atoms with E-state index in [1.807, 2.05) is 36.0 Å². The van der Waals surface area contributed by atoms with Gasteiger partial charge in [-0.1, -0.05) is 49.3 Å². The van der Waals surface area contributed by atoms with E-state index in [4.69, 9.17) is 11.6 Å². The highest BCUT2D eigenvalue weighted by molar-refractivity contribution is 8.14. The molecule has 0 saturated carbocycles. The zero-order valence-corrected chi connectivity index (χ0v) is 12.4. The van der Waals surface area contributed by atoms with Gasteiger partial charge in [-0.05, 0) is 30.5 Å². The van der Waals surface area contributed by atoms with Crippen molar-refractivity contribution >= 4 is 28.5 Å².